The maximum Gasteiger partial charge on any atom is 0.321 e. The van der Waals surface area contributed by atoms with Crippen LogP contribution in [0.15, 0.2) is 35.4 Å². The molecule has 0 aliphatic heterocycles. The number of methoxy groups -OCH3 is 1. The minimum absolute atomic E-state index is 0.0681. The topological polar surface area (TPSA) is 103 Å². The van der Waals surface area contributed by atoms with Crippen molar-refractivity contribution in [1.29, 1.82) is 5.26 Å². The molecular formula is C20H15ClF3N5O3. The SMILES string of the molecule is COc1nnc(C)cc1Cn1cnc(C(F)(F)CF)c(Oc2cc(Cl)cc(C#N)c2)c1=O. The zero-order valence-corrected chi connectivity index (χ0v) is 17.5. The van der Waals surface area contributed by atoms with Crippen molar-refractivity contribution in [2.45, 2.75) is 19.4 Å². The molecule has 0 bridgehead atoms. The first-order valence-corrected chi connectivity index (χ1v) is 9.35. The number of halogens is 4. The van der Waals surface area contributed by atoms with E-state index in [9.17, 15) is 18.0 Å². The standard InChI is InChI=1S/C20H15ClF3N5O3/c1-11-3-13(18(31-2)28-27-11)8-29-10-26-17(20(23,24)9-22)16(19(29)30)32-15-5-12(7-25)4-14(21)6-15/h3-6,10H,8-9H2,1-2H3. The van der Waals surface area contributed by atoms with Crippen LogP contribution in [0.2, 0.25) is 5.02 Å². The summed E-state index contributed by atoms with van der Waals surface area (Å²) in [6.45, 7) is -0.593. The van der Waals surface area contributed by atoms with Crippen LogP contribution in [-0.2, 0) is 12.5 Å². The van der Waals surface area contributed by atoms with Gasteiger partial charge < -0.3 is 9.47 Å². The first-order chi connectivity index (χ1) is 15.2. The minimum atomic E-state index is -4.09. The molecule has 0 saturated heterocycles. The Balaban J connectivity index is 2.14. The highest BCUT2D eigenvalue weighted by Gasteiger charge is 2.39. The Morgan fingerprint density at radius 1 is 1.25 bits per heavy atom. The average Bonchev–Trinajstić information content (AvgIpc) is 2.76. The van der Waals surface area contributed by atoms with Crippen molar-refractivity contribution in [3.8, 4) is 23.4 Å². The van der Waals surface area contributed by atoms with Crippen molar-refractivity contribution in [2.24, 2.45) is 0 Å². The van der Waals surface area contributed by atoms with E-state index in [1.165, 1.54) is 25.3 Å². The molecule has 2 aromatic heterocycles. The van der Waals surface area contributed by atoms with Gasteiger partial charge in [0.2, 0.25) is 11.6 Å². The van der Waals surface area contributed by atoms with Crippen molar-refractivity contribution in [3.05, 3.63) is 68.5 Å². The number of benzene rings is 1. The van der Waals surface area contributed by atoms with Crippen molar-refractivity contribution < 1.29 is 22.6 Å². The molecule has 2 heterocycles. The van der Waals surface area contributed by atoms with Gasteiger partial charge in [0.1, 0.15) is 5.75 Å². The van der Waals surface area contributed by atoms with Gasteiger partial charge in [-0.2, -0.15) is 19.1 Å². The summed E-state index contributed by atoms with van der Waals surface area (Å²) in [5, 5.41) is 16.9. The second-order valence-corrected chi connectivity index (χ2v) is 7.04. The fourth-order valence-corrected chi connectivity index (χ4v) is 3.03. The Morgan fingerprint density at radius 2 is 2.00 bits per heavy atom. The minimum Gasteiger partial charge on any atom is -0.480 e. The van der Waals surface area contributed by atoms with Crippen LogP contribution in [0.5, 0.6) is 17.4 Å². The molecule has 8 nitrogen and oxygen atoms in total. The highest BCUT2D eigenvalue weighted by molar-refractivity contribution is 6.30. The van der Waals surface area contributed by atoms with Crippen molar-refractivity contribution in [2.75, 3.05) is 13.8 Å². The van der Waals surface area contributed by atoms with Crippen LogP contribution in [0.4, 0.5) is 13.2 Å². The molecule has 166 valence electrons. The summed E-state index contributed by atoms with van der Waals surface area (Å²) in [6, 6.07) is 7.15. The lowest BCUT2D eigenvalue weighted by Crippen LogP contribution is -2.29. The normalized spacial score (nSPS) is 11.2. The van der Waals surface area contributed by atoms with E-state index in [1.54, 1.807) is 13.0 Å². The molecule has 0 spiro atoms. The van der Waals surface area contributed by atoms with E-state index < -0.39 is 29.6 Å². The van der Waals surface area contributed by atoms with Gasteiger partial charge in [0.25, 0.3) is 5.56 Å². The summed E-state index contributed by atoms with van der Waals surface area (Å²) >= 11 is 5.91. The lowest BCUT2D eigenvalue weighted by atomic mass is 10.2. The Hall–Kier alpha value is -3.65. The molecule has 12 heteroatoms. The molecule has 0 N–H and O–H groups in total. The van der Waals surface area contributed by atoms with Crippen LogP contribution in [0.1, 0.15) is 22.5 Å². The van der Waals surface area contributed by atoms with Crippen LogP contribution in [0.3, 0.4) is 0 Å². The van der Waals surface area contributed by atoms with E-state index in [-0.39, 0.29) is 28.8 Å². The van der Waals surface area contributed by atoms with Crippen LogP contribution < -0.4 is 15.0 Å². The molecule has 3 aromatic rings. The molecule has 0 saturated carbocycles. The molecule has 3 rings (SSSR count). The Morgan fingerprint density at radius 3 is 2.66 bits per heavy atom. The van der Waals surface area contributed by atoms with E-state index in [0.29, 0.717) is 11.3 Å². The third kappa shape index (κ3) is 4.81. The largest absolute Gasteiger partial charge is 0.480 e. The Kier molecular flexibility index (Phi) is 6.64. The maximum absolute atomic E-state index is 14.2. The number of nitrogens with zero attached hydrogens (tertiary/aromatic N) is 5. The molecule has 0 amide bonds. The van der Waals surface area contributed by atoms with Crippen LogP contribution in [0, 0.1) is 18.3 Å². The monoisotopic (exact) mass is 465 g/mol. The van der Waals surface area contributed by atoms with Gasteiger partial charge in [-0.3, -0.25) is 9.36 Å². The second kappa shape index (κ2) is 9.23. The molecule has 0 radical (unpaired) electrons. The summed E-state index contributed by atoms with van der Waals surface area (Å²) in [6.07, 6.45) is 0.849. The quantitative estimate of drug-likeness (QED) is 0.523. The molecule has 0 fully saturated rings. The zero-order chi connectivity index (χ0) is 23.5. The highest BCUT2D eigenvalue weighted by atomic mass is 35.5. The van der Waals surface area contributed by atoms with Gasteiger partial charge in [-0.05, 0) is 31.2 Å². The fraction of sp³-hybridized carbons (Fsp3) is 0.250. The number of ether oxygens (including phenoxy) is 2. The Bertz CT molecular complexity index is 1260. The molecule has 0 unspecified atom stereocenters. The number of aromatic nitrogens is 4. The summed E-state index contributed by atoms with van der Waals surface area (Å²) in [5.74, 6) is -5.03. The number of hydrogen-bond acceptors (Lipinski definition) is 7. The molecular weight excluding hydrogens is 451 g/mol. The lowest BCUT2D eigenvalue weighted by Gasteiger charge is -2.18. The number of aryl methyl sites for hydroxylation is 1. The lowest BCUT2D eigenvalue weighted by molar-refractivity contribution is -0.0342. The number of rotatable bonds is 7. The van der Waals surface area contributed by atoms with Gasteiger partial charge in [0.15, 0.2) is 12.4 Å². The van der Waals surface area contributed by atoms with Crippen molar-refractivity contribution in [3.63, 3.8) is 0 Å². The first kappa shape index (κ1) is 23.0. The van der Waals surface area contributed by atoms with E-state index in [2.05, 4.69) is 15.2 Å². The number of alkyl halides is 3. The average molecular weight is 466 g/mol. The van der Waals surface area contributed by atoms with Gasteiger partial charge in [-0.1, -0.05) is 11.6 Å². The Labute approximate surface area is 184 Å². The molecule has 0 atom stereocenters. The predicted molar refractivity (Wildman–Crippen MR) is 107 cm³/mol. The fourth-order valence-electron chi connectivity index (χ4n) is 2.80. The van der Waals surface area contributed by atoms with E-state index in [1.807, 2.05) is 6.07 Å². The van der Waals surface area contributed by atoms with E-state index in [0.717, 1.165) is 10.9 Å². The zero-order valence-electron chi connectivity index (χ0n) is 16.8. The highest BCUT2D eigenvalue weighted by Crippen LogP contribution is 2.34. The molecule has 1 aromatic carbocycles. The number of nitriles is 1. The van der Waals surface area contributed by atoms with Crippen LogP contribution >= 0.6 is 11.6 Å². The summed E-state index contributed by atoms with van der Waals surface area (Å²) in [5.41, 5.74) is -1.18. The van der Waals surface area contributed by atoms with Gasteiger partial charge in [-0.25, -0.2) is 9.37 Å². The van der Waals surface area contributed by atoms with Crippen molar-refractivity contribution in [1.82, 2.24) is 19.7 Å². The molecule has 0 aliphatic rings. The van der Waals surface area contributed by atoms with Gasteiger partial charge in [-0.15, -0.1) is 5.10 Å². The third-order valence-corrected chi connectivity index (χ3v) is 4.44. The van der Waals surface area contributed by atoms with Crippen LogP contribution in [-0.4, -0.2) is 33.5 Å². The van der Waals surface area contributed by atoms with Gasteiger partial charge in [0.05, 0.1) is 37.3 Å². The third-order valence-electron chi connectivity index (χ3n) is 4.22. The van der Waals surface area contributed by atoms with Gasteiger partial charge in [0, 0.05) is 10.6 Å². The number of hydrogen-bond donors (Lipinski definition) is 0. The summed E-state index contributed by atoms with van der Waals surface area (Å²) < 4.78 is 52.9. The van der Waals surface area contributed by atoms with E-state index in [4.69, 9.17) is 26.3 Å². The summed E-state index contributed by atoms with van der Waals surface area (Å²) in [7, 11) is 1.36. The van der Waals surface area contributed by atoms with Gasteiger partial charge >= 0.3 is 5.92 Å². The smallest absolute Gasteiger partial charge is 0.321 e. The predicted octanol–water partition coefficient (Wildman–Crippen LogP) is 3.78. The van der Waals surface area contributed by atoms with Crippen LogP contribution in [0.25, 0.3) is 0 Å². The molecule has 32 heavy (non-hydrogen) atoms. The van der Waals surface area contributed by atoms with Crippen molar-refractivity contribution >= 4 is 11.6 Å². The second-order valence-electron chi connectivity index (χ2n) is 6.60. The molecule has 0 aliphatic carbocycles. The first-order valence-electron chi connectivity index (χ1n) is 8.98. The summed E-state index contributed by atoms with van der Waals surface area (Å²) in [4.78, 5) is 16.6. The van der Waals surface area contributed by atoms with E-state index >= 15 is 0 Å². The maximum atomic E-state index is 14.2.